The van der Waals surface area contributed by atoms with Crippen molar-refractivity contribution in [1.82, 2.24) is 15.4 Å². The summed E-state index contributed by atoms with van der Waals surface area (Å²) in [7, 11) is -0.327. The minimum Gasteiger partial charge on any atom is -0.489 e. The van der Waals surface area contributed by atoms with Gasteiger partial charge in [0.15, 0.2) is 5.96 Å². The Bertz CT molecular complexity index is 902. The highest BCUT2D eigenvalue weighted by Gasteiger charge is 2.10. The molecule has 9 heteroatoms. The van der Waals surface area contributed by atoms with Crippen LogP contribution < -0.4 is 20.1 Å². The predicted molar refractivity (Wildman–Crippen MR) is 128 cm³/mol. The number of nitrogens with zero attached hydrogens (tertiary/aromatic N) is 1. The SMILES string of the molecule is CN=C(NCc1ccc(S(=O)(=O)NC)cc1)NCC(C)Oc1cccc(C)c1.I. The van der Waals surface area contributed by atoms with Crippen molar-refractivity contribution in [2.75, 3.05) is 20.6 Å². The topological polar surface area (TPSA) is 91.8 Å². The lowest BCUT2D eigenvalue weighted by atomic mass is 10.2. The molecule has 160 valence electrons. The van der Waals surface area contributed by atoms with E-state index < -0.39 is 10.0 Å². The summed E-state index contributed by atoms with van der Waals surface area (Å²) < 4.78 is 31.7. The largest absolute Gasteiger partial charge is 0.489 e. The number of guanidine groups is 1. The Kier molecular flexibility index (Phi) is 10.4. The Morgan fingerprint density at radius 2 is 1.83 bits per heavy atom. The van der Waals surface area contributed by atoms with Crippen LogP contribution in [0.3, 0.4) is 0 Å². The zero-order chi connectivity index (χ0) is 20.6. The zero-order valence-corrected chi connectivity index (χ0v) is 20.2. The van der Waals surface area contributed by atoms with Crippen molar-refractivity contribution >= 4 is 40.0 Å². The molecule has 0 saturated heterocycles. The Morgan fingerprint density at radius 3 is 2.41 bits per heavy atom. The first-order valence-electron chi connectivity index (χ1n) is 9.04. The van der Waals surface area contributed by atoms with Crippen molar-refractivity contribution in [2.45, 2.75) is 31.4 Å². The third-order valence-corrected chi connectivity index (χ3v) is 5.50. The number of hydrogen-bond donors (Lipinski definition) is 3. The highest BCUT2D eigenvalue weighted by molar-refractivity contribution is 14.0. The molecule has 0 bridgehead atoms. The lowest BCUT2D eigenvalue weighted by Crippen LogP contribution is -2.41. The number of ether oxygens (including phenoxy) is 1. The molecule has 2 aromatic rings. The van der Waals surface area contributed by atoms with Crippen molar-refractivity contribution in [2.24, 2.45) is 4.99 Å². The van der Waals surface area contributed by atoms with Crippen LogP contribution in [0.1, 0.15) is 18.1 Å². The fraction of sp³-hybridized carbons (Fsp3) is 0.350. The van der Waals surface area contributed by atoms with E-state index in [9.17, 15) is 8.42 Å². The minimum absolute atomic E-state index is 0. The summed E-state index contributed by atoms with van der Waals surface area (Å²) in [6.07, 6.45) is -0.0358. The van der Waals surface area contributed by atoms with E-state index in [1.54, 1.807) is 31.3 Å². The second-order valence-electron chi connectivity index (χ2n) is 6.40. The van der Waals surface area contributed by atoms with Gasteiger partial charge in [-0.05, 0) is 56.3 Å². The number of hydrogen-bond acceptors (Lipinski definition) is 4. The zero-order valence-electron chi connectivity index (χ0n) is 17.1. The molecule has 29 heavy (non-hydrogen) atoms. The molecule has 0 fully saturated rings. The van der Waals surface area contributed by atoms with Gasteiger partial charge in [0.1, 0.15) is 11.9 Å². The van der Waals surface area contributed by atoms with Crippen molar-refractivity contribution in [1.29, 1.82) is 0 Å². The highest BCUT2D eigenvalue weighted by Crippen LogP contribution is 2.14. The second-order valence-corrected chi connectivity index (χ2v) is 8.29. The summed E-state index contributed by atoms with van der Waals surface area (Å²) in [6.45, 7) is 5.13. The van der Waals surface area contributed by atoms with Gasteiger partial charge in [0.05, 0.1) is 11.4 Å². The van der Waals surface area contributed by atoms with Gasteiger partial charge in [0, 0.05) is 13.6 Å². The molecule has 0 spiro atoms. The molecule has 1 atom stereocenters. The molecule has 0 heterocycles. The van der Waals surface area contributed by atoms with Crippen molar-refractivity contribution in [3.05, 3.63) is 59.7 Å². The van der Waals surface area contributed by atoms with Gasteiger partial charge in [-0.25, -0.2) is 13.1 Å². The van der Waals surface area contributed by atoms with Crippen molar-refractivity contribution < 1.29 is 13.2 Å². The Balaban J connectivity index is 0.00000420. The molecular formula is C20H29IN4O3S. The maximum atomic E-state index is 11.8. The monoisotopic (exact) mass is 532 g/mol. The summed E-state index contributed by atoms with van der Waals surface area (Å²) in [6, 6.07) is 14.6. The van der Waals surface area contributed by atoms with E-state index in [1.807, 2.05) is 38.1 Å². The standard InChI is InChI=1S/C20H28N4O3S.HI/c1-15-6-5-7-18(12-15)27-16(2)13-23-20(21-3)24-14-17-8-10-19(11-9-17)28(25,26)22-4;/h5-12,16,22H,13-14H2,1-4H3,(H2,21,23,24);1H. The van der Waals surface area contributed by atoms with E-state index in [-0.39, 0.29) is 35.0 Å². The van der Waals surface area contributed by atoms with Crippen LogP contribution in [0.2, 0.25) is 0 Å². The number of nitrogens with one attached hydrogen (secondary N) is 3. The first-order valence-corrected chi connectivity index (χ1v) is 10.5. The van der Waals surface area contributed by atoms with Crippen LogP contribution >= 0.6 is 24.0 Å². The van der Waals surface area contributed by atoms with Crippen LogP contribution in [-0.4, -0.2) is 41.1 Å². The lowest BCUT2D eigenvalue weighted by molar-refractivity contribution is 0.223. The molecule has 3 N–H and O–H groups in total. The fourth-order valence-corrected chi connectivity index (χ4v) is 3.24. The van der Waals surface area contributed by atoms with E-state index in [0.29, 0.717) is 19.0 Å². The quantitative estimate of drug-likeness (QED) is 0.276. The average molecular weight is 532 g/mol. The van der Waals surface area contributed by atoms with Crippen LogP contribution in [0.5, 0.6) is 5.75 Å². The van der Waals surface area contributed by atoms with Gasteiger partial charge in [-0.2, -0.15) is 0 Å². The molecule has 7 nitrogen and oxygen atoms in total. The Hall–Kier alpha value is -1.85. The summed E-state index contributed by atoms with van der Waals surface area (Å²) >= 11 is 0. The average Bonchev–Trinajstić information content (AvgIpc) is 2.68. The third-order valence-electron chi connectivity index (χ3n) is 4.07. The first kappa shape index (κ1) is 25.2. The third kappa shape index (κ3) is 8.19. The molecule has 0 aliphatic heterocycles. The van der Waals surface area contributed by atoms with Gasteiger partial charge in [-0.3, -0.25) is 4.99 Å². The maximum absolute atomic E-state index is 11.8. The van der Waals surface area contributed by atoms with Gasteiger partial charge >= 0.3 is 0 Å². The van der Waals surface area contributed by atoms with Crippen molar-refractivity contribution in [3.63, 3.8) is 0 Å². The molecule has 0 radical (unpaired) electrons. The van der Waals surface area contributed by atoms with Gasteiger partial charge in [-0.15, -0.1) is 24.0 Å². The normalized spacial score (nSPS) is 12.6. The van der Waals surface area contributed by atoms with E-state index in [4.69, 9.17) is 4.74 Å². The van der Waals surface area contributed by atoms with E-state index >= 15 is 0 Å². The van der Waals surface area contributed by atoms with Crippen LogP contribution in [0.15, 0.2) is 58.4 Å². The van der Waals surface area contributed by atoms with Gasteiger partial charge in [0.2, 0.25) is 10.0 Å². The molecule has 0 aromatic heterocycles. The molecule has 2 aromatic carbocycles. The summed E-state index contributed by atoms with van der Waals surface area (Å²) in [5.41, 5.74) is 2.10. The van der Waals surface area contributed by atoms with E-state index in [0.717, 1.165) is 16.9 Å². The highest BCUT2D eigenvalue weighted by atomic mass is 127. The van der Waals surface area contributed by atoms with Gasteiger partial charge < -0.3 is 15.4 Å². The number of aryl methyl sites for hydroxylation is 1. The van der Waals surface area contributed by atoms with Crippen LogP contribution in [0.25, 0.3) is 0 Å². The molecule has 0 aliphatic carbocycles. The summed E-state index contributed by atoms with van der Waals surface area (Å²) in [4.78, 5) is 4.44. The molecule has 0 amide bonds. The number of halogens is 1. The van der Waals surface area contributed by atoms with E-state index in [1.165, 1.54) is 7.05 Å². The summed E-state index contributed by atoms with van der Waals surface area (Å²) in [5.74, 6) is 1.49. The predicted octanol–water partition coefficient (Wildman–Crippen LogP) is 2.65. The Morgan fingerprint density at radius 1 is 1.14 bits per heavy atom. The van der Waals surface area contributed by atoms with Gasteiger partial charge in [0.25, 0.3) is 0 Å². The Labute approximate surface area is 190 Å². The maximum Gasteiger partial charge on any atom is 0.240 e. The molecule has 0 aliphatic rings. The number of benzene rings is 2. The molecule has 0 saturated carbocycles. The van der Waals surface area contributed by atoms with Crippen molar-refractivity contribution in [3.8, 4) is 5.75 Å². The molecule has 2 rings (SSSR count). The minimum atomic E-state index is -3.42. The van der Waals surface area contributed by atoms with E-state index in [2.05, 4.69) is 20.3 Å². The molecular weight excluding hydrogens is 503 g/mol. The first-order chi connectivity index (χ1) is 13.3. The number of aliphatic imine (C=N–C) groups is 1. The number of sulfonamides is 1. The fourth-order valence-electron chi connectivity index (χ4n) is 2.51. The lowest BCUT2D eigenvalue weighted by Gasteiger charge is -2.18. The summed E-state index contributed by atoms with van der Waals surface area (Å²) in [5, 5.41) is 6.43. The molecule has 1 unspecified atom stereocenters. The number of rotatable bonds is 8. The smallest absolute Gasteiger partial charge is 0.240 e. The van der Waals surface area contributed by atoms with Crippen LogP contribution in [0, 0.1) is 6.92 Å². The van der Waals surface area contributed by atoms with Crippen LogP contribution in [0.4, 0.5) is 0 Å². The van der Waals surface area contributed by atoms with Gasteiger partial charge in [-0.1, -0.05) is 24.3 Å². The van der Waals surface area contributed by atoms with Crippen LogP contribution in [-0.2, 0) is 16.6 Å². The second kappa shape index (κ2) is 12.0.